The maximum Gasteiger partial charge on any atom is 0.171 e. The Morgan fingerprint density at radius 2 is 1.85 bits per heavy atom. The molecule has 0 atom stereocenters. The predicted molar refractivity (Wildman–Crippen MR) is 113 cm³/mol. The lowest BCUT2D eigenvalue weighted by Gasteiger charge is -2.12. The zero-order chi connectivity index (χ0) is 18.7. The van der Waals surface area contributed by atoms with Gasteiger partial charge in [-0.3, -0.25) is 0 Å². The van der Waals surface area contributed by atoms with Crippen molar-refractivity contribution < 1.29 is 0 Å². The molecule has 0 amide bonds. The van der Waals surface area contributed by atoms with Crippen LogP contribution in [0.15, 0.2) is 48.5 Å². The van der Waals surface area contributed by atoms with Crippen LogP contribution in [0.5, 0.6) is 0 Å². The molecule has 0 aliphatic carbocycles. The van der Waals surface area contributed by atoms with Crippen molar-refractivity contribution in [3.63, 3.8) is 0 Å². The molecule has 0 spiro atoms. The molecule has 1 heterocycles. The Morgan fingerprint density at radius 1 is 1.12 bits per heavy atom. The first-order valence-corrected chi connectivity index (χ1v) is 9.22. The molecule has 0 saturated carbocycles. The quantitative estimate of drug-likeness (QED) is 0.580. The van der Waals surface area contributed by atoms with Gasteiger partial charge in [0.15, 0.2) is 5.11 Å². The van der Waals surface area contributed by atoms with E-state index in [9.17, 15) is 0 Å². The Morgan fingerprint density at radius 3 is 2.58 bits per heavy atom. The lowest BCUT2D eigenvalue weighted by molar-refractivity contribution is 0.830. The van der Waals surface area contributed by atoms with Crippen molar-refractivity contribution in [3.8, 4) is 5.69 Å². The van der Waals surface area contributed by atoms with Crippen LogP contribution in [0.25, 0.3) is 5.69 Å². The van der Waals surface area contributed by atoms with Crippen LogP contribution in [0.1, 0.15) is 17.0 Å². The second-order valence-electron chi connectivity index (χ2n) is 5.83. The van der Waals surface area contributed by atoms with Gasteiger partial charge in [0.25, 0.3) is 0 Å². The number of aromatic nitrogens is 2. The largest absolute Gasteiger partial charge is 0.358 e. The van der Waals surface area contributed by atoms with Gasteiger partial charge >= 0.3 is 0 Å². The summed E-state index contributed by atoms with van der Waals surface area (Å²) in [5, 5.41) is 12.5. The van der Waals surface area contributed by atoms with Gasteiger partial charge in [-0.25, -0.2) is 4.68 Å². The molecule has 3 aromatic rings. The summed E-state index contributed by atoms with van der Waals surface area (Å²) in [6, 6.07) is 15.2. The first kappa shape index (κ1) is 18.7. The fourth-order valence-electron chi connectivity index (χ4n) is 2.68. The normalized spacial score (nSPS) is 10.6. The highest BCUT2D eigenvalue weighted by atomic mass is 35.5. The minimum atomic E-state index is 0.473. The lowest BCUT2D eigenvalue weighted by atomic mass is 10.2. The highest BCUT2D eigenvalue weighted by molar-refractivity contribution is 7.80. The van der Waals surface area contributed by atoms with Crippen molar-refractivity contribution in [1.29, 1.82) is 0 Å². The zero-order valence-electron chi connectivity index (χ0n) is 14.4. The number of nitrogens with zero attached hydrogens (tertiary/aromatic N) is 2. The van der Waals surface area contributed by atoms with Crippen molar-refractivity contribution >= 4 is 46.2 Å². The van der Waals surface area contributed by atoms with E-state index in [1.807, 2.05) is 48.9 Å². The average Bonchev–Trinajstić information content (AvgIpc) is 2.91. The molecule has 0 unspecified atom stereocenters. The molecule has 0 radical (unpaired) electrons. The number of benzene rings is 2. The maximum absolute atomic E-state index is 6.16. The van der Waals surface area contributed by atoms with E-state index in [0.717, 1.165) is 22.6 Å². The molecule has 134 valence electrons. The molecular weight excluding hydrogens is 387 g/mol. The van der Waals surface area contributed by atoms with Gasteiger partial charge in [-0.05, 0) is 56.4 Å². The van der Waals surface area contributed by atoms with Crippen molar-refractivity contribution in [2.24, 2.45) is 0 Å². The van der Waals surface area contributed by atoms with Gasteiger partial charge in [0.2, 0.25) is 0 Å². The fourth-order valence-corrected chi connectivity index (χ4v) is 3.20. The number of halogens is 2. The van der Waals surface area contributed by atoms with E-state index in [0.29, 0.717) is 27.4 Å². The Balaban J connectivity index is 1.71. The Kier molecular flexibility index (Phi) is 5.81. The van der Waals surface area contributed by atoms with E-state index in [1.54, 1.807) is 18.2 Å². The zero-order valence-corrected chi connectivity index (χ0v) is 16.7. The SMILES string of the molecule is Cc1nn(-c2ccccc2)c(C)c1CNC(=S)Nc1cc(Cl)ccc1Cl. The van der Waals surface area contributed by atoms with Crippen LogP contribution in [0.3, 0.4) is 0 Å². The monoisotopic (exact) mass is 404 g/mol. The molecule has 0 aliphatic heterocycles. The summed E-state index contributed by atoms with van der Waals surface area (Å²) in [5.74, 6) is 0. The Hall–Kier alpha value is -2.08. The van der Waals surface area contributed by atoms with Gasteiger partial charge in [0.1, 0.15) is 0 Å². The minimum Gasteiger partial charge on any atom is -0.358 e. The van der Waals surface area contributed by atoms with Crippen LogP contribution in [0.4, 0.5) is 5.69 Å². The van der Waals surface area contributed by atoms with Gasteiger partial charge in [-0.1, -0.05) is 41.4 Å². The lowest BCUT2D eigenvalue weighted by Crippen LogP contribution is -2.28. The first-order valence-electron chi connectivity index (χ1n) is 8.06. The van der Waals surface area contributed by atoms with Crippen molar-refractivity contribution in [2.75, 3.05) is 5.32 Å². The topological polar surface area (TPSA) is 41.9 Å². The number of rotatable bonds is 4. The van der Waals surface area contributed by atoms with E-state index >= 15 is 0 Å². The van der Waals surface area contributed by atoms with E-state index < -0.39 is 0 Å². The molecule has 1 aromatic heterocycles. The molecule has 0 fully saturated rings. The summed E-state index contributed by atoms with van der Waals surface area (Å²) in [6.07, 6.45) is 0. The van der Waals surface area contributed by atoms with E-state index in [2.05, 4.69) is 15.7 Å². The summed E-state index contributed by atoms with van der Waals surface area (Å²) in [4.78, 5) is 0. The molecule has 2 aromatic carbocycles. The summed E-state index contributed by atoms with van der Waals surface area (Å²) in [7, 11) is 0. The maximum atomic E-state index is 6.16. The number of thiocarbonyl (C=S) groups is 1. The summed E-state index contributed by atoms with van der Waals surface area (Å²) < 4.78 is 1.94. The molecule has 0 bridgehead atoms. The van der Waals surface area contributed by atoms with Crippen molar-refractivity contribution in [2.45, 2.75) is 20.4 Å². The molecule has 7 heteroatoms. The highest BCUT2D eigenvalue weighted by Gasteiger charge is 2.13. The standard InChI is InChI=1S/C19H18Cl2N4S/c1-12-16(13(2)25(24-12)15-6-4-3-5-7-15)11-22-19(26)23-18-10-14(20)8-9-17(18)21/h3-10H,11H2,1-2H3,(H2,22,23,26). The van der Waals surface area contributed by atoms with Gasteiger partial charge in [-0.15, -0.1) is 0 Å². The molecule has 0 aliphatic rings. The van der Waals surface area contributed by atoms with Gasteiger partial charge in [-0.2, -0.15) is 5.10 Å². The van der Waals surface area contributed by atoms with E-state index in [1.165, 1.54) is 0 Å². The van der Waals surface area contributed by atoms with Gasteiger partial charge in [0, 0.05) is 22.8 Å². The number of hydrogen-bond donors (Lipinski definition) is 2. The number of aryl methyl sites for hydroxylation is 1. The third-order valence-corrected chi connectivity index (χ3v) is 4.86. The van der Waals surface area contributed by atoms with Crippen molar-refractivity contribution in [1.82, 2.24) is 15.1 Å². The van der Waals surface area contributed by atoms with E-state index in [-0.39, 0.29) is 0 Å². The van der Waals surface area contributed by atoms with Crippen LogP contribution < -0.4 is 10.6 Å². The minimum absolute atomic E-state index is 0.473. The average molecular weight is 405 g/mol. The third-order valence-electron chi connectivity index (χ3n) is 4.04. The van der Waals surface area contributed by atoms with Crippen LogP contribution in [-0.4, -0.2) is 14.9 Å². The Bertz CT molecular complexity index is 938. The van der Waals surface area contributed by atoms with Crippen LogP contribution >= 0.6 is 35.4 Å². The predicted octanol–water partition coefficient (Wildman–Crippen LogP) is 5.28. The first-order chi connectivity index (χ1) is 12.5. The molecule has 3 rings (SSSR count). The third kappa shape index (κ3) is 4.18. The highest BCUT2D eigenvalue weighted by Crippen LogP contribution is 2.25. The van der Waals surface area contributed by atoms with Gasteiger partial charge in [0.05, 0.1) is 22.1 Å². The molecule has 0 saturated heterocycles. The number of anilines is 1. The summed E-state index contributed by atoms with van der Waals surface area (Å²) >= 11 is 17.5. The van der Waals surface area contributed by atoms with Gasteiger partial charge < -0.3 is 10.6 Å². The Labute approximate surface area is 168 Å². The second kappa shape index (κ2) is 8.08. The molecule has 4 nitrogen and oxygen atoms in total. The van der Waals surface area contributed by atoms with Crippen LogP contribution in [0, 0.1) is 13.8 Å². The summed E-state index contributed by atoms with van der Waals surface area (Å²) in [5.41, 5.74) is 4.85. The second-order valence-corrected chi connectivity index (χ2v) is 7.08. The number of nitrogens with one attached hydrogen (secondary N) is 2. The fraction of sp³-hybridized carbons (Fsp3) is 0.158. The smallest absolute Gasteiger partial charge is 0.171 e. The molecular formula is C19H18Cl2N4S. The molecule has 2 N–H and O–H groups in total. The van der Waals surface area contributed by atoms with Crippen molar-refractivity contribution in [3.05, 3.63) is 75.5 Å². The molecule has 26 heavy (non-hydrogen) atoms. The number of para-hydroxylation sites is 1. The van der Waals surface area contributed by atoms with E-state index in [4.69, 9.17) is 35.4 Å². The van der Waals surface area contributed by atoms with Crippen LogP contribution in [-0.2, 0) is 6.54 Å². The van der Waals surface area contributed by atoms with Crippen LogP contribution in [0.2, 0.25) is 10.0 Å². The summed E-state index contributed by atoms with van der Waals surface area (Å²) in [6.45, 7) is 4.61. The number of hydrogen-bond acceptors (Lipinski definition) is 2.